The lowest BCUT2D eigenvalue weighted by Gasteiger charge is -2.57. The highest BCUT2D eigenvalue weighted by Crippen LogP contribution is 2.61. The molecule has 2 amide bonds. The standard InChI is InChI=1S/C22H30N4O3/c27-19-3-2-18(23-24-19)21(29)26-5-1-4-25(6-7-26)20(28)14-22-11-15-8-16(12-22)10-17(9-15)13-22/h2-3,15-17H,1,4-14H2,(H,24,27). The quantitative estimate of drug-likeness (QED) is 0.844. The van der Waals surface area contributed by atoms with Crippen LogP contribution in [0, 0.1) is 23.2 Å². The fourth-order valence-corrected chi connectivity index (χ4v) is 6.93. The van der Waals surface area contributed by atoms with E-state index < -0.39 is 0 Å². The molecule has 0 unspecified atom stereocenters. The van der Waals surface area contributed by atoms with E-state index in [1.165, 1.54) is 50.7 Å². The Balaban J connectivity index is 1.21. The molecule has 1 aromatic heterocycles. The molecule has 0 spiro atoms. The van der Waals surface area contributed by atoms with Crippen LogP contribution in [0.25, 0.3) is 0 Å². The lowest BCUT2D eigenvalue weighted by molar-refractivity contribution is -0.139. The van der Waals surface area contributed by atoms with Crippen LogP contribution in [0.2, 0.25) is 0 Å². The van der Waals surface area contributed by atoms with Crippen molar-refractivity contribution in [3.05, 3.63) is 28.2 Å². The average molecular weight is 399 g/mol. The number of aromatic amines is 1. The molecule has 0 radical (unpaired) electrons. The molecule has 4 bridgehead atoms. The van der Waals surface area contributed by atoms with Crippen molar-refractivity contribution in [2.75, 3.05) is 26.2 Å². The van der Waals surface area contributed by atoms with Crippen LogP contribution in [0.5, 0.6) is 0 Å². The zero-order chi connectivity index (χ0) is 20.0. The van der Waals surface area contributed by atoms with E-state index in [4.69, 9.17) is 0 Å². The van der Waals surface area contributed by atoms with Crippen molar-refractivity contribution in [3.8, 4) is 0 Å². The molecular formula is C22H30N4O3. The summed E-state index contributed by atoms with van der Waals surface area (Å²) in [5, 5.41) is 6.17. The highest BCUT2D eigenvalue weighted by molar-refractivity contribution is 5.92. The van der Waals surface area contributed by atoms with E-state index in [1.807, 2.05) is 4.90 Å². The molecule has 1 aromatic rings. The van der Waals surface area contributed by atoms with Gasteiger partial charge in [0.2, 0.25) is 5.91 Å². The van der Waals surface area contributed by atoms with Crippen LogP contribution in [0.1, 0.15) is 61.9 Å². The number of H-pyrrole nitrogens is 1. The second kappa shape index (κ2) is 7.26. The Morgan fingerprint density at radius 3 is 2.21 bits per heavy atom. The van der Waals surface area contributed by atoms with Gasteiger partial charge in [0.05, 0.1) is 0 Å². The highest BCUT2D eigenvalue weighted by atomic mass is 16.2. The molecule has 0 atom stereocenters. The maximum absolute atomic E-state index is 13.2. The molecule has 0 aromatic carbocycles. The Bertz CT molecular complexity index is 808. The van der Waals surface area contributed by atoms with Gasteiger partial charge in [-0.3, -0.25) is 14.4 Å². The zero-order valence-corrected chi connectivity index (χ0v) is 16.9. The van der Waals surface area contributed by atoms with Gasteiger partial charge >= 0.3 is 0 Å². The molecular weight excluding hydrogens is 368 g/mol. The molecule has 7 heteroatoms. The first-order valence-electron chi connectivity index (χ1n) is 11.1. The molecule has 156 valence electrons. The number of aromatic nitrogens is 2. The van der Waals surface area contributed by atoms with Crippen LogP contribution >= 0.6 is 0 Å². The summed E-state index contributed by atoms with van der Waals surface area (Å²) >= 11 is 0. The smallest absolute Gasteiger partial charge is 0.274 e. The SMILES string of the molecule is O=C(CC12CC3CC(CC(C3)C1)C2)N1CCCN(C(=O)c2ccc(=O)[nH]n2)CC1. The number of rotatable bonds is 3. The van der Waals surface area contributed by atoms with E-state index in [0.717, 1.165) is 24.2 Å². The minimum atomic E-state index is -0.320. The molecule has 4 saturated carbocycles. The predicted molar refractivity (Wildman–Crippen MR) is 107 cm³/mol. The summed E-state index contributed by atoms with van der Waals surface area (Å²) in [6.07, 6.45) is 9.42. The van der Waals surface area contributed by atoms with Crippen molar-refractivity contribution in [2.45, 2.75) is 51.4 Å². The first-order chi connectivity index (χ1) is 14.0. The van der Waals surface area contributed by atoms with Crippen molar-refractivity contribution < 1.29 is 9.59 Å². The number of nitrogens with zero attached hydrogens (tertiary/aromatic N) is 3. The van der Waals surface area contributed by atoms with Gasteiger partial charge in [0.25, 0.3) is 11.5 Å². The van der Waals surface area contributed by atoms with E-state index in [-0.39, 0.29) is 28.5 Å². The van der Waals surface area contributed by atoms with Crippen molar-refractivity contribution in [3.63, 3.8) is 0 Å². The third kappa shape index (κ3) is 3.71. The van der Waals surface area contributed by atoms with E-state index in [0.29, 0.717) is 32.6 Å². The Morgan fingerprint density at radius 1 is 0.966 bits per heavy atom. The Labute approximate surface area is 170 Å². The molecule has 5 fully saturated rings. The largest absolute Gasteiger partial charge is 0.341 e. The number of amides is 2. The molecule has 6 rings (SSSR count). The number of carbonyl (C=O) groups excluding carboxylic acids is 2. The summed E-state index contributed by atoms with van der Waals surface area (Å²) in [6.45, 7) is 2.43. The van der Waals surface area contributed by atoms with Crippen LogP contribution in [-0.4, -0.2) is 58.0 Å². The topological polar surface area (TPSA) is 86.4 Å². The van der Waals surface area contributed by atoms with Gasteiger partial charge in [0.1, 0.15) is 5.69 Å². The summed E-state index contributed by atoms with van der Waals surface area (Å²) in [5.74, 6) is 2.67. The lowest BCUT2D eigenvalue weighted by Crippen LogP contribution is -2.48. The summed E-state index contributed by atoms with van der Waals surface area (Å²) in [6, 6.07) is 2.78. The number of nitrogens with one attached hydrogen (secondary N) is 1. The molecule has 1 N–H and O–H groups in total. The summed E-state index contributed by atoms with van der Waals surface area (Å²) in [4.78, 5) is 40.8. The van der Waals surface area contributed by atoms with Gasteiger partial charge in [0, 0.05) is 38.7 Å². The fourth-order valence-electron chi connectivity index (χ4n) is 6.93. The van der Waals surface area contributed by atoms with Gasteiger partial charge in [-0.25, -0.2) is 5.10 Å². The molecule has 1 saturated heterocycles. The third-order valence-corrected chi connectivity index (χ3v) is 7.73. The second-order valence-corrected chi connectivity index (χ2v) is 9.93. The van der Waals surface area contributed by atoms with Crippen molar-refractivity contribution in [1.29, 1.82) is 0 Å². The van der Waals surface area contributed by atoms with Gasteiger partial charge < -0.3 is 9.80 Å². The Morgan fingerprint density at radius 2 is 1.59 bits per heavy atom. The van der Waals surface area contributed by atoms with Crippen LogP contribution in [0.15, 0.2) is 16.9 Å². The van der Waals surface area contributed by atoms with E-state index in [2.05, 4.69) is 10.2 Å². The fraction of sp³-hybridized carbons (Fsp3) is 0.727. The van der Waals surface area contributed by atoms with E-state index in [1.54, 1.807) is 4.90 Å². The van der Waals surface area contributed by atoms with E-state index in [9.17, 15) is 14.4 Å². The van der Waals surface area contributed by atoms with Crippen LogP contribution in [0.3, 0.4) is 0 Å². The minimum Gasteiger partial charge on any atom is -0.341 e. The molecule has 2 heterocycles. The average Bonchev–Trinajstić information content (AvgIpc) is 2.93. The minimum absolute atomic E-state index is 0.184. The first kappa shape index (κ1) is 18.8. The molecule has 7 nitrogen and oxygen atoms in total. The van der Waals surface area contributed by atoms with Crippen LogP contribution in [0.4, 0.5) is 0 Å². The van der Waals surface area contributed by atoms with Crippen molar-refractivity contribution in [2.24, 2.45) is 23.2 Å². The Hall–Kier alpha value is -2.18. The van der Waals surface area contributed by atoms with Gasteiger partial charge in [-0.1, -0.05) is 0 Å². The number of hydrogen-bond donors (Lipinski definition) is 1. The molecule has 5 aliphatic rings. The number of hydrogen-bond acceptors (Lipinski definition) is 4. The second-order valence-electron chi connectivity index (χ2n) is 9.93. The van der Waals surface area contributed by atoms with Crippen molar-refractivity contribution in [1.82, 2.24) is 20.0 Å². The summed E-state index contributed by atoms with van der Waals surface area (Å²) in [7, 11) is 0. The predicted octanol–water partition coefficient (Wildman–Crippen LogP) is 2.05. The van der Waals surface area contributed by atoms with Gasteiger partial charge in [0.15, 0.2) is 0 Å². The zero-order valence-electron chi connectivity index (χ0n) is 16.9. The monoisotopic (exact) mass is 398 g/mol. The van der Waals surface area contributed by atoms with Gasteiger partial charge in [-0.2, -0.15) is 5.10 Å². The van der Waals surface area contributed by atoms with E-state index >= 15 is 0 Å². The van der Waals surface area contributed by atoms with Gasteiger partial charge in [-0.15, -0.1) is 0 Å². The van der Waals surface area contributed by atoms with Crippen LogP contribution < -0.4 is 5.56 Å². The summed E-state index contributed by atoms with van der Waals surface area (Å²) in [5.41, 5.74) is 0.185. The molecule has 1 aliphatic heterocycles. The lowest BCUT2D eigenvalue weighted by atomic mass is 9.49. The normalized spacial score (nSPS) is 33.6. The highest BCUT2D eigenvalue weighted by Gasteiger charge is 2.51. The number of carbonyl (C=O) groups is 2. The maximum atomic E-state index is 13.2. The first-order valence-corrected chi connectivity index (χ1v) is 11.1. The third-order valence-electron chi connectivity index (χ3n) is 7.73. The molecule has 29 heavy (non-hydrogen) atoms. The maximum Gasteiger partial charge on any atom is 0.274 e. The van der Waals surface area contributed by atoms with Crippen LogP contribution in [-0.2, 0) is 4.79 Å². The Kier molecular flexibility index (Phi) is 4.71. The summed E-state index contributed by atoms with van der Waals surface area (Å²) < 4.78 is 0. The molecule has 4 aliphatic carbocycles. The van der Waals surface area contributed by atoms with Crippen molar-refractivity contribution >= 4 is 11.8 Å². The van der Waals surface area contributed by atoms with Gasteiger partial charge in [-0.05, 0) is 74.2 Å².